The Bertz CT molecular complexity index is 276. The molecule has 1 aliphatic heterocycles. The molecule has 1 saturated carbocycles. The predicted octanol–water partition coefficient (Wildman–Crippen LogP) is 3.91. The van der Waals surface area contributed by atoms with E-state index in [1.54, 1.807) is 0 Å². The lowest BCUT2D eigenvalue weighted by Crippen LogP contribution is -2.50. The van der Waals surface area contributed by atoms with Gasteiger partial charge < -0.3 is 10.2 Å². The number of nitrogens with zero attached hydrogens (tertiary/aromatic N) is 1. The molecular weight excluding hydrogens is 244 g/mol. The van der Waals surface area contributed by atoms with Crippen LogP contribution in [0.2, 0.25) is 0 Å². The lowest BCUT2D eigenvalue weighted by atomic mass is 9.70. The van der Waals surface area contributed by atoms with Crippen LogP contribution in [-0.2, 0) is 0 Å². The van der Waals surface area contributed by atoms with E-state index in [9.17, 15) is 0 Å². The predicted molar refractivity (Wildman–Crippen MR) is 88.0 cm³/mol. The Morgan fingerprint density at radius 1 is 1.05 bits per heavy atom. The number of nitrogens with one attached hydrogen (secondary N) is 1. The Labute approximate surface area is 126 Å². The molecule has 0 aromatic carbocycles. The standard InChI is InChI=1S/C18H36N2/c1-5-19-13-18(9-6-15(2)7-10-18)14-20-11-8-16(3)12-17(20)4/h15-17,19H,5-14H2,1-4H3. The maximum Gasteiger partial charge on any atom is 0.00697 e. The highest BCUT2D eigenvalue weighted by Gasteiger charge is 2.37. The summed E-state index contributed by atoms with van der Waals surface area (Å²) < 4.78 is 0. The molecule has 1 heterocycles. The zero-order chi connectivity index (χ0) is 14.6. The minimum atomic E-state index is 0.553. The molecule has 2 unspecified atom stereocenters. The molecular formula is C18H36N2. The van der Waals surface area contributed by atoms with Gasteiger partial charge in [-0.25, -0.2) is 0 Å². The highest BCUT2D eigenvalue weighted by Crippen LogP contribution is 2.40. The van der Waals surface area contributed by atoms with E-state index in [-0.39, 0.29) is 0 Å². The summed E-state index contributed by atoms with van der Waals surface area (Å²) in [6.45, 7) is 14.5. The Hall–Kier alpha value is -0.0800. The van der Waals surface area contributed by atoms with E-state index < -0.39 is 0 Å². The first-order valence-electron chi connectivity index (χ1n) is 8.99. The largest absolute Gasteiger partial charge is 0.316 e. The molecule has 0 aromatic heterocycles. The Morgan fingerprint density at radius 2 is 1.75 bits per heavy atom. The third kappa shape index (κ3) is 4.21. The van der Waals surface area contributed by atoms with Crippen LogP contribution in [0, 0.1) is 17.3 Å². The van der Waals surface area contributed by atoms with Crippen molar-refractivity contribution in [1.29, 1.82) is 0 Å². The first kappa shape index (κ1) is 16.3. The SMILES string of the molecule is CCNCC1(CN2CCC(C)CC2C)CCC(C)CC1. The lowest BCUT2D eigenvalue weighted by Gasteiger charge is -2.46. The van der Waals surface area contributed by atoms with Gasteiger partial charge in [-0.15, -0.1) is 0 Å². The molecule has 2 atom stereocenters. The fourth-order valence-corrected chi connectivity index (χ4v) is 4.28. The van der Waals surface area contributed by atoms with Gasteiger partial charge in [0, 0.05) is 19.1 Å². The summed E-state index contributed by atoms with van der Waals surface area (Å²) in [6, 6.07) is 0.789. The second kappa shape index (κ2) is 7.26. The van der Waals surface area contributed by atoms with E-state index in [4.69, 9.17) is 0 Å². The first-order valence-corrected chi connectivity index (χ1v) is 8.99. The fourth-order valence-electron chi connectivity index (χ4n) is 4.28. The highest BCUT2D eigenvalue weighted by atomic mass is 15.2. The van der Waals surface area contributed by atoms with E-state index >= 15 is 0 Å². The van der Waals surface area contributed by atoms with Crippen LogP contribution < -0.4 is 5.32 Å². The summed E-state index contributed by atoms with van der Waals surface area (Å²) in [7, 11) is 0. The first-order chi connectivity index (χ1) is 9.54. The van der Waals surface area contributed by atoms with Gasteiger partial charge in [0.1, 0.15) is 0 Å². The summed E-state index contributed by atoms with van der Waals surface area (Å²) in [5.74, 6) is 1.88. The number of rotatable bonds is 5. The molecule has 1 saturated heterocycles. The van der Waals surface area contributed by atoms with Crippen molar-refractivity contribution < 1.29 is 0 Å². The molecule has 1 N–H and O–H groups in total. The van der Waals surface area contributed by atoms with Gasteiger partial charge in [-0.3, -0.25) is 0 Å². The fraction of sp³-hybridized carbons (Fsp3) is 1.00. The van der Waals surface area contributed by atoms with Crippen LogP contribution in [0.1, 0.15) is 66.2 Å². The topological polar surface area (TPSA) is 15.3 Å². The average Bonchev–Trinajstić information content (AvgIpc) is 2.43. The van der Waals surface area contributed by atoms with Gasteiger partial charge >= 0.3 is 0 Å². The second-order valence-corrected chi connectivity index (χ2v) is 7.91. The zero-order valence-corrected chi connectivity index (χ0v) is 14.3. The van der Waals surface area contributed by atoms with Crippen LogP contribution in [0.15, 0.2) is 0 Å². The van der Waals surface area contributed by atoms with Crippen molar-refractivity contribution in [1.82, 2.24) is 10.2 Å². The molecule has 2 heteroatoms. The summed E-state index contributed by atoms with van der Waals surface area (Å²) >= 11 is 0. The van der Waals surface area contributed by atoms with Crippen molar-refractivity contribution in [3.8, 4) is 0 Å². The van der Waals surface area contributed by atoms with Crippen LogP contribution in [0.4, 0.5) is 0 Å². The van der Waals surface area contributed by atoms with Gasteiger partial charge in [0.05, 0.1) is 0 Å². The van der Waals surface area contributed by atoms with Gasteiger partial charge in [0.25, 0.3) is 0 Å². The van der Waals surface area contributed by atoms with Crippen molar-refractivity contribution in [2.75, 3.05) is 26.2 Å². The van der Waals surface area contributed by atoms with Gasteiger partial charge in [-0.05, 0) is 62.9 Å². The Balaban J connectivity index is 1.96. The van der Waals surface area contributed by atoms with Crippen molar-refractivity contribution in [2.45, 2.75) is 72.3 Å². The van der Waals surface area contributed by atoms with Gasteiger partial charge in [0.2, 0.25) is 0 Å². The molecule has 2 nitrogen and oxygen atoms in total. The van der Waals surface area contributed by atoms with Crippen LogP contribution in [0.25, 0.3) is 0 Å². The summed E-state index contributed by atoms with van der Waals surface area (Å²) in [5, 5.41) is 3.66. The average molecular weight is 281 g/mol. The minimum absolute atomic E-state index is 0.553. The Kier molecular flexibility index (Phi) is 5.92. The van der Waals surface area contributed by atoms with Crippen LogP contribution >= 0.6 is 0 Å². The summed E-state index contributed by atoms with van der Waals surface area (Å²) in [6.07, 6.45) is 8.53. The third-order valence-corrected chi connectivity index (χ3v) is 5.90. The van der Waals surface area contributed by atoms with Gasteiger partial charge in [-0.1, -0.05) is 33.6 Å². The van der Waals surface area contributed by atoms with E-state index in [0.29, 0.717) is 5.41 Å². The number of hydrogen-bond acceptors (Lipinski definition) is 2. The molecule has 20 heavy (non-hydrogen) atoms. The maximum absolute atomic E-state index is 3.66. The van der Waals surface area contributed by atoms with E-state index in [1.807, 2.05) is 0 Å². The molecule has 2 aliphatic rings. The minimum Gasteiger partial charge on any atom is -0.316 e. The van der Waals surface area contributed by atoms with E-state index in [1.165, 1.54) is 58.2 Å². The van der Waals surface area contributed by atoms with Crippen LogP contribution in [0.3, 0.4) is 0 Å². The molecule has 0 aromatic rings. The normalized spacial score (nSPS) is 39.9. The molecule has 0 radical (unpaired) electrons. The quantitative estimate of drug-likeness (QED) is 0.821. The van der Waals surface area contributed by atoms with E-state index in [0.717, 1.165) is 24.4 Å². The molecule has 2 fully saturated rings. The molecule has 1 aliphatic carbocycles. The highest BCUT2D eigenvalue weighted by molar-refractivity contribution is 4.91. The van der Waals surface area contributed by atoms with Gasteiger partial charge in [-0.2, -0.15) is 0 Å². The van der Waals surface area contributed by atoms with E-state index in [2.05, 4.69) is 37.9 Å². The Morgan fingerprint density at radius 3 is 2.35 bits per heavy atom. The van der Waals surface area contributed by atoms with Crippen molar-refractivity contribution in [3.63, 3.8) is 0 Å². The molecule has 118 valence electrons. The monoisotopic (exact) mass is 280 g/mol. The van der Waals surface area contributed by atoms with Crippen molar-refractivity contribution in [2.24, 2.45) is 17.3 Å². The van der Waals surface area contributed by atoms with Gasteiger partial charge in [0.15, 0.2) is 0 Å². The van der Waals surface area contributed by atoms with Crippen LogP contribution in [0.5, 0.6) is 0 Å². The number of hydrogen-bond donors (Lipinski definition) is 1. The maximum atomic E-state index is 3.66. The second-order valence-electron chi connectivity index (χ2n) is 7.91. The number of likely N-dealkylation sites (tertiary alicyclic amines) is 1. The lowest BCUT2D eigenvalue weighted by molar-refractivity contribution is 0.0404. The smallest absolute Gasteiger partial charge is 0.00697 e. The third-order valence-electron chi connectivity index (χ3n) is 5.90. The molecule has 0 amide bonds. The summed E-state index contributed by atoms with van der Waals surface area (Å²) in [4.78, 5) is 2.80. The van der Waals surface area contributed by atoms with Crippen molar-refractivity contribution >= 4 is 0 Å². The summed E-state index contributed by atoms with van der Waals surface area (Å²) in [5.41, 5.74) is 0.553. The molecule has 2 rings (SSSR count). The zero-order valence-electron chi connectivity index (χ0n) is 14.3. The molecule has 0 spiro atoms. The molecule has 0 bridgehead atoms. The van der Waals surface area contributed by atoms with Crippen molar-refractivity contribution in [3.05, 3.63) is 0 Å². The van der Waals surface area contributed by atoms with Crippen LogP contribution in [-0.4, -0.2) is 37.1 Å². The number of piperidine rings is 1.